The molecule has 2 aliphatic rings. The van der Waals surface area contributed by atoms with Crippen molar-refractivity contribution in [3.8, 4) is 17.5 Å². The maximum Gasteiger partial charge on any atom is 0.163 e. The van der Waals surface area contributed by atoms with Crippen molar-refractivity contribution in [2.75, 3.05) is 5.32 Å². The van der Waals surface area contributed by atoms with Crippen molar-refractivity contribution in [1.82, 2.24) is 19.9 Å². The van der Waals surface area contributed by atoms with Crippen LogP contribution in [-0.2, 0) is 13.0 Å². The predicted molar refractivity (Wildman–Crippen MR) is 129 cm³/mol. The third kappa shape index (κ3) is 4.58. The summed E-state index contributed by atoms with van der Waals surface area (Å²) >= 11 is 0. The van der Waals surface area contributed by atoms with Crippen LogP contribution < -0.4 is 15.9 Å². The molecule has 1 N–H and O–H groups in total. The van der Waals surface area contributed by atoms with Crippen LogP contribution >= 0.6 is 0 Å². The topological polar surface area (TPSA) is 87.4 Å². The van der Waals surface area contributed by atoms with Crippen LogP contribution in [0.15, 0.2) is 66.7 Å². The van der Waals surface area contributed by atoms with Crippen LogP contribution in [0, 0.1) is 11.3 Å². The zero-order chi connectivity index (χ0) is 22.5. The average Bonchev–Trinajstić information content (AvgIpc) is 2.88. The van der Waals surface area contributed by atoms with E-state index in [9.17, 15) is 0 Å². The van der Waals surface area contributed by atoms with Crippen molar-refractivity contribution in [3.05, 3.63) is 88.5 Å². The number of pyridine rings is 2. The van der Waals surface area contributed by atoms with Crippen LogP contribution in [0.25, 0.3) is 23.0 Å². The van der Waals surface area contributed by atoms with Crippen LogP contribution in [0.1, 0.15) is 36.9 Å². The lowest BCUT2D eigenvalue weighted by Gasteiger charge is -2.19. The van der Waals surface area contributed by atoms with Crippen LogP contribution in [0.5, 0.6) is 0 Å². The molecular formula is C27H24N6. The molecule has 0 unspecified atom stereocenters. The highest BCUT2D eigenvalue weighted by molar-refractivity contribution is 5.72. The SMILES string of the molecule is N#CCc1cncc(-c2nc(NCc3ccccn3)c3c(n2)=CCCC=3C2=CC=CCC2)c1. The maximum absolute atomic E-state index is 9.07. The quantitative estimate of drug-likeness (QED) is 0.640. The summed E-state index contributed by atoms with van der Waals surface area (Å²) in [5, 5.41) is 14.6. The number of anilines is 1. The third-order valence-corrected chi connectivity index (χ3v) is 5.87. The smallest absolute Gasteiger partial charge is 0.163 e. The molecule has 0 bridgehead atoms. The molecule has 0 saturated heterocycles. The number of aromatic nitrogens is 4. The van der Waals surface area contributed by atoms with Gasteiger partial charge in [-0.3, -0.25) is 9.97 Å². The van der Waals surface area contributed by atoms with Crippen LogP contribution in [0.2, 0.25) is 0 Å². The van der Waals surface area contributed by atoms with Crippen molar-refractivity contribution < 1.29 is 0 Å². The second-order valence-electron chi connectivity index (χ2n) is 8.13. The summed E-state index contributed by atoms with van der Waals surface area (Å²) < 4.78 is 0. The zero-order valence-corrected chi connectivity index (χ0v) is 18.3. The molecular weight excluding hydrogens is 408 g/mol. The lowest BCUT2D eigenvalue weighted by Crippen LogP contribution is -2.37. The molecule has 6 nitrogen and oxygen atoms in total. The van der Waals surface area contributed by atoms with E-state index in [0.29, 0.717) is 18.8 Å². The van der Waals surface area contributed by atoms with Gasteiger partial charge in [-0.2, -0.15) is 5.26 Å². The number of rotatable bonds is 6. The first kappa shape index (κ1) is 20.8. The summed E-state index contributed by atoms with van der Waals surface area (Å²) in [4.78, 5) is 18.6. The fraction of sp³-hybridized carbons (Fsp3) is 0.222. The van der Waals surface area contributed by atoms with Crippen LogP contribution in [0.4, 0.5) is 5.82 Å². The van der Waals surface area contributed by atoms with Gasteiger partial charge < -0.3 is 5.32 Å². The van der Waals surface area contributed by atoms with E-state index in [1.807, 2.05) is 24.3 Å². The first-order valence-corrected chi connectivity index (χ1v) is 11.2. The van der Waals surface area contributed by atoms with E-state index in [1.54, 1.807) is 18.6 Å². The summed E-state index contributed by atoms with van der Waals surface area (Å²) in [6.45, 7) is 0.572. The molecule has 33 heavy (non-hydrogen) atoms. The molecule has 0 saturated carbocycles. The lowest BCUT2D eigenvalue weighted by molar-refractivity contribution is 0.940. The predicted octanol–water partition coefficient (Wildman–Crippen LogP) is 3.61. The van der Waals surface area contributed by atoms with E-state index in [-0.39, 0.29) is 0 Å². The molecule has 162 valence electrons. The Hall–Kier alpha value is -4.11. The van der Waals surface area contributed by atoms with Gasteiger partial charge in [0, 0.05) is 29.4 Å². The van der Waals surface area contributed by atoms with Crippen LogP contribution in [-0.4, -0.2) is 19.9 Å². The second kappa shape index (κ2) is 9.58. The molecule has 3 heterocycles. The number of allylic oxidation sites excluding steroid dienone is 4. The fourth-order valence-corrected chi connectivity index (χ4v) is 4.31. The summed E-state index contributed by atoms with van der Waals surface area (Å²) in [6.07, 6.45) is 18.4. The van der Waals surface area contributed by atoms with Gasteiger partial charge in [-0.15, -0.1) is 0 Å². The largest absolute Gasteiger partial charge is 0.364 e. The third-order valence-electron chi connectivity index (χ3n) is 5.87. The van der Waals surface area contributed by atoms with Gasteiger partial charge in [0.15, 0.2) is 5.82 Å². The Kier molecular flexibility index (Phi) is 6.03. The first-order valence-electron chi connectivity index (χ1n) is 11.2. The molecule has 0 amide bonds. The molecule has 0 fully saturated rings. The first-order chi connectivity index (χ1) is 16.3. The number of nitriles is 1. The summed E-state index contributed by atoms with van der Waals surface area (Å²) in [6, 6.07) is 10.0. The minimum absolute atomic E-state index is 0.308. The highest BCUT2D eigenvalue weighted by atomic mass is 15.0. The average molecular weight is 433 g/mol. The van der Waals surface area contributed by atoms with E-state index in [0.717, 1.165) is 58.9 Å². The highest BCUT2D eigenvalue weighted by Crippen LogP contribution is 2.26. The highest BCUT2D eigenvalue weighted by Gasteiger charge is 2.17. The summed E-state index contributed by atoms with van der Waals surface area (Å²) in [5.74, 6) is 1.42. The lowest BCUT2D eigenvalue weighted by atomic mass is 9.90. The Morgan fingerprint density at radius 2 is 2.06 bits per heavy atom. The van der Waals surface area contributed by atoms with E-state index in [2.05, 4.69) is 45.7 Å². The Morgan fingerprint density at radius 3 is 2.88 bits per heavy atom. The van der Waals surface area contributed by atoms with Gasteiger partial charge in [-0.25, -0.2) is 9.97 Å². The minimum atomic E-state index is 0.308. The van der Waals surface area contributed by atoms with E-state index in [1.165, 1.54) is 11.1 Å². The van der Waals surface area contributed by atoms with Gasteiger partial charge in [-0.05, 0) is 60.6 Å². The molecule has 0 atom stereocenters. The fourth-order valence-electron chi connectivity index (χ4n) is 4.31. The standard InChI is InChI=1S/C27H24N6/c28-13-12-19-15-21(17-29-16-19)26-32-24-11-6-10-23(20-7-2-1-3-8-20)25(24)27(33-26)31-18-22-9-4-5-14-30-22/h1-2,4-5,7,9,11,14-17H,3,6,8,10,12,18H2,(H,31,32,33). The van der Waals surface area contributed by atoms with Gasteiger partial charge in [0.1, 0.15) is 5.82 Å². The Labute approximate surface area is 192 Å². The van der Waals surface area contributed by atoms with Crippen molar-refractivity contribution in [2.24, 2.45) is 0 Å². The van der Waals surface area contributed by atoms with Gasteiger partial charge in [-0.1, -0.05) is 30.4 Å². The monoisotopic (exact) mass is 432 g/mol. The molecule has 5 rings (SSSR count). The number of nitrogens with one attached hydrogen (secondary N) is 1. The molecule has 0 aliphatic heterocycles. The molecule has 0 spiro atoms. The molecule has 0 aromatic carbocycles. The Morgan fingerprint density at radius 1 is 1.09 bits per heavy atom. The van der Waals surface area contributed by atoms with Crippen molar-refractivity contribution in [1.29, 1.82) is 5.26 Å². The molecule has 0 radical (unpaired) electrons. The van der Waals surface area contributed by atoms with Crippen LogP contribution in [0.3, 0.4) is 0 Å². The van der Waals surface area contributed by atoms with Gasteiger partial charge in [0.2, 0.25) is 0 Å². The van der Waals surface area contributed by atoms with E-state index >= 15 is 0 Å². The molecule has 3 aromatic rings. The van der Waals surface area contributed by atoms with Gasteiger partial charge >= 0.3 is 0 Å². The zero-order valence-electron chi connectivity index (χ0n) is 18.3. The van der Waals surface area contributed by atoms with Crippen molar-refractivity contribution in [2.45, 2.75) is 38.6 Å². The summed E-state index contributed by atoms with van der Waals surface area (Å²) in [7, 11) is 0. The minimum Gasteiger partial charge on any atom is -0.364 e. The summed E-state index contributed by atoms with van der Waals surface area (Å²) in [5.41, 5.74) is 5.30. The molecule has 2 aliphatic carbocycles. The van der Waals surface area contributed by atoms with Crippen molar-refractivity contribution in [3.63, 3.8) is 0 Å². The normalized spacial score (nSPS) is 14.6. The van der Waals surface area contributed by atoms with Crippen molar-refractivity contribution >= 4 is 17.5 Å². The molecule has 6 heteroatoms. The molecule has 3 aromatic heterocycles. The Balaban J connectivity index is 1.66. The van der Waals surface area contributed by atoms with E-state index < -0.39 is 0 Å². The van der Waals surface area contributed by atoms with Gasteiger partial charge in [0.05, 0.1) is 30.1 Å². The Bertz CT molecular complexity index is 1400. The van der Waals surface area contributed by atoms with Gasteiger partial charge in [0.25, 0.3) is 0 Å². The second-order valence-corrected chi connectivity index (χ2v) is 8.13. The maximum atomic E-state index is 9.07. The number of hydrogen-bond acceptors (Lipinski definition) is 6. The number of hydrogen-bond donors (Lipinski definition) is 1. The number of fused-ring (bicyclic) bond motifs is 1. The number of nitrogens with zero attached hydrogens (tertiary/aromatic N) is 5. The van der Waals surface area contributed by atoms with E-state index in [4.69, 9.17) is 15.2 Å².